The second kappa shape index (κ2) is 7.77. The first-order valence-electron chi connectivity index (χ1n) is 8.44. The smallest absolute Gasteiger partial charge is 0.230 e. The number of rotatable bonds is 8. The number of nitrogens with one attached hydrogen (secondary N) is 1. The Balaban J connectivity index is 1.36. The number of hydrogen-bond acceptors (Lipinski definition) is 3. The minimum Gasteiger partial charge on any atom is -0.379 e. The summed E-state index contributed by atoms with van der Waals surface area (Å²) in [6.45, 7) is 2.88. The van der Waals surface area contributed by atoms with Crippen molar-refractivity contribution in [2.45, 2.75) is 43.6 Å². The van der Waals surface area contributed by atoms with Crippen molar-refractivity contribution in [1.82, 2.24) is 5.32 Å². The van der Waals surface area contributed by atoms with Crippen LogP contribution in [0.25, 0.3) is 0 Å². The van der Waals surface area contributed by atoms with Crippen LogP contribution >= 0.6 is 15.9 Å². The number of ether oxygens (including phenoxy) is 2. The Bertz CT molecular complexity index is 539. The Hall–Kier alpha value is -0.910. The average molecular weight is 382 g/mol. The van der Waals surface area contributed by atoms with Crippen LogP contribution in [0.4, 0.5) is 0 Å². The van der Waals surface area contributed by atoms with Crippen molar-refractivity contribution >= 4 is 21.8 Å². The molecule has 5 heteroatoms. The van der Waals surface area contributed by atoms with Crippen LogP contribution < -0.4 is 5.32 Å². The Morgan fingerprint density at radius 3 is 3.00 bits per heavy atom. The molecule has 0 bridgehead atoms. The highest BCUT2D eigenvalue weighted by molar-refractivity contribution is 9.10. The molecule has 4 nitrogen and oxygen atoms in total. The Kier molecular flexibility index (Phi) is 5.72. The monoisotopic (exact) mass is 381 g/mol. The van der Waals surface area contributed by atoms with Crippen LogP contribution in [0.3, 0.4) is 0 Å². The highest BCUT2D eigenvalue weighted by Crippen LogP contribution is 2.48. The Labute approximate surface area is 146 Å². The largest absolute Gasteiger partial charge is 0.379 e. The predicted molar refractivity (Wildman–Crippen MR) is 92.5 cm³/mol. The fourth-order valence-electron chi connectivity index (χ4n) is 3.09. The van der Waals surface area contributed by atoms with E-state index in [1.807, 2.05) is 18.2 Å². The van der Waals surface area contributed by atoms with Gasteiger partial charge < -0.3 is 14.8 Å². The molecule has 2 fully saturated rings. The normalized spacial score (nSPS) is 22.0. The van der Waals surface area contributed by atoms with Crippen LogP contribution in [0.2, 0.25) is 0 Å². The molecule has 1 unspecified atom stereocenters. The molecule has 1 saturated carbocycles. The first-order valence-corrected chi connectivity index (χ1v) is 9.24. The molecular formula is C18H24BrNO3. The molecule has 0 aromatic heterocycles. The summed E-state index contributed by atoms with van der Waals surface area (Å²) in [5.41, 5.74) is 0.807. The summed E-state index contributed by atoms with van der Waals surface area (Å²) in [6, 6.07) is 8.08. The highest BCUT2D eigenvalue weighted by Gasteiger charge is 2.51. The first kappa shape index (κ1) is 16.9. The van der Waals surface area contributed by atoms with E-state index in [0.717, 1.165) is 48.7 Å². The SMILES string of the molecule is O=C(NCCCOCC1CCCO1)C1(c2cccc(Br)c2)CC1. The molecule has 1 aliphatic carbocycles. The number of halogens is 1. The van der Waals surface area contributed by atoms with Gasteiger partial charge in [0, 0.05) is 24.2 Å². The summed E-state index contributed by atoms with van der Waals surface area (Å²) in [6.07, 6.45) is 5.23. The average Bonchev–Trinajstić information content (AvgIpc) is 3.21. The van der Waals surface area contributed by atoms with Crippen molar-refractivity contribution in [2.75, 3.05) is 26.4 Å². The van der Waals surface area contributed by atoms with Gasteiger partial charge in [0.15, 0.2) is 0 Å². The van der Waals surface area contributed by atoms with Crippen molar-refractivity contribution in [2.24, 2.45) is 0 Å². The number of benzene rings is 1. The summed E-state index contributed by atoms with van der Waals surface area (Å²) >= 11 is 3.48. The van der Waals surface area contributed by atoms with Gasteiger partial charge in [-0.3, -0.25) is 4.79 Å². The van der Waals surface area contributed by atoms with Gasteiger partial charge in [-0.05, 0) is 49.8 Å². The topological polar surface area (TPSA) is 47.6 Å². The van der Waals surface area contributed by atoms with Crippen LogP contribution in [0.15, 0.2) is 28.7 Å². The maximum Gasteiger partial charge on any atom is 0.230 e. The third-order valence-electron chi connectivity index (χ3n) is 4.64. The molecule has 1 aliphatic heterocycles. The number of carbonyl (C=O) groups excluding carboxylic acids is 1. The lowest BCUT2D eigenvalue weighted by molar-refractivity contribution is -0.123. The highest BCUT2D eigenvalue weighted by atomic mass is 79.9. The van der Waals surface area contributed by atoms with Crippen LogP contribution in [0, 0.1) is 0 Å². The molecule has 2 aliphatic rings. The minimum absolute atomic E-state index is 0.148. The summed E-state index contributed by atoms with van der Waals surface area (Å²) in [5.74, 6) is 0.148. The van der Waals surface area contributed by atoms with Gasteiger partial charge in [0.1, 0.15) is 0 Å². The van der Waals surface area contributed by atoms with E-state index < -0.39 is 0 Å². The Morgan fingerprint density at radius 2 is 2.30 bits per heavy atom. The lowest BCUT2D eigenvalue weighted by atomic mass is 9.95. The maximum atomic E-state index is 12.5. The van der Waals surface area contributed by atoms with Crippen molar-refractivity contribution in [3.8, 4) is 0 Å². The van der Waals surface area contributed by atoms with E-state index in [-0.39, 0.29) is 17.4 Å². The molecule has 0 radical (unpaired) electrons. The van der Waals surface area contributed by atoms with Gasteiger partial charge in [-0.25, -0.2) is 0 Å². The molecule has 126 valence electrons. The molecule has 1 aromatic carbocycles. The van der Waals surface area contributed by atoms with E-state index in [9.17, 15) is 4.79 Å². The number of amides is 1. The van der Waals surface area contributed by atoms with Gasteiger partial charge >= 0.3 is 0 Å². The zero-order valence-corrected chi connectivity index (χ0v) is 14.9. The molecule has 1 heterocycles. The van der Waals surface area contributed by atoms with Gasteiger partial charge in [0.2, 0.25) is 5.91 Å². The van der Waals surface area contributed by atoms with Gasteiger partial charge in [0.05, 0.1) is 18.1 Å². The molecule has 1 atom stereocenters. The van der Waals surface area contributed by atoms with Crippen molar-refractivity contribution in [3.05, 3.63) is 34.3 Å². The molecule has 1 aromatic rings. The van der Waals surface area contributed by atoms with Gasteiger partial charge in [-0.1, -0.05) is 28.1 Å². The minimum atomic E-state index is -0.303. The lowest BCUT2D eigenvalue weighted by Crippen LogP contribution is -2.35. The van der Waals surface area contributed by atoms with E-state index in [1.165, 1.54) is 0 Å². The second-order valence-corrected chi connectivity index (χ2v) is 7.33. The van der Waals surface area contributed by atoms with Gasteiger partial charge in [-0.2, -0.15) is 0 Å². The molecule has 23 heavy (non-hydrogen) atoms. The summed E-state index contributed by atoms with van der Waals surface area (Å²) in [4.78, 5) is 12.5. The fraction of sp³-hybridized carbons (Fsp3) is 0.611. The first-order chi connectivity index (χ1) is 11.2. The quantitative estimate of drug-likeness (QED) is 0.703. The summed E-state index contributed by atoms with van der Waals surface area (Å²) in [7, 11) is 0. The maximum absolute atomic E-state index is 12.5. The molecule has 3 rings (SSSR count). The van der Waals surface area contributed by atoms with Crippen LogP contribution in [0.5, 0.6) is 0 Å². The Morgan fingerprint density at radius 1 is 1.43 bits per heavy atom. The third-order valence-corrected chi connectivity index (χ3v) is 5.13. The van der Waals surface area contributed by atoms with Crippen molar-refractivity contribution < 1.29 is 14.3 Å². The summed E-state index contributed by atoms with van der Waals surface area (Å²) < 4.78 is 12.2. The van der Waals surface area contributed by atoms with Gasteiger partial charge in [-0.15, -0.1) is 0 Å². The lowest BCUT2D eigenvalue weighted by Gasteiger charge is -2.16. The van der Waals surface area contributed by atoms with Crippen LogP contribution in [-0.4, -0.2) is 38.4 Å². The number of carbonyl (C=O) groups is 1. The van der Waals surface area contributed by atoms with E-state index in [1.54, 1.807) is 0 Å². The predicted octanol–water partition coefficient (Wildman–Crippen LogP) is 3.18. The zero-order chi connectivity index (χ0) is 16.1. The molecular weight excluding hydrogens is 358 g/mol. The van der Waals surface area contributed by atoms with E-state index >= 15 is 0 Å². The standard InChI is InChI=1S/C18H24BrNO3/c19-15-5-1-4-14(12-15)18(7-8-18)17(21)20-9-3-10-22-13-16-6-2-11-23-16/h1,4-5,12,16H,2-3,6-11,13H2,(H,20,21). The van der Waals surface area contributed by atoms with Crippen molar-refractivity contribution in [1.29, 1.82) is 0 Å². The molecule has 0 spiro atoms. The molecule has 1 N–H and O–H groups in total. The van der Waals surface area contributed by atoms with E-state index in [0.29, 0.717) is 19.8 Å². The fourth-order valence-corrected chi connectivity index (χ4v) is 3.49. The van der Waals surface area contributed by atoms with Crippen LogP contribution in [-0.2, 0) is 19.7 Å². The summed E-state index contributed by atoms with van der Waals surface area (Å²) in [5, 5.41) is 3.07. The molecule has 1 saturated heterocycles. The van der Waals surface area contributed by atoms with Crippen LogP contribution in [0.1, 0.15) is 37.7 Å². The van der Waals surface area contributed by atoms with E-state index in [4.69, 9.17) is 9.47 Å². The van der Waals surface area contributed by atoms with Crippen molar-refractivity contribution in [3.63, 3.8) is 0 Å². The third kappa shape index (κ3) is 4.34. The zero-order valence-electron chi connectivity index (χ0n) is 13.4. The number of hydrogen-bond donors (Lipinski definition) is 1. The van der Waals surface area contributed by atoms with Gasteiger partial charge in [0.25, 0.3) is 0 Å². The van der Waals surface area contributed by atoms with E-state index in [2.05, 4.69) is 27.3 Å². The molecule has 1 amide bonds. The second-order valence-electron chi connectivity index (χ2n) is 6.41.